The molecule has 0 radical (unpaired) electrons. The van der Waals surface area contributed by atoms with Crippen LogP contribution in [0.25, 0.3) is 0 Å². The lowest BCUT2D eigenvalue weighted by Crippen LogP contribution is -2.35. The van der Waals surface area contributed by atoms with Crippen molar-refractivity contribution in [3.05, 3.63) is 21.0 Å². The second-order valence-corrected chi connectivity index (χ2v) is 6.63. The number of anilines is 1. The van der Waals surface area contributed by atoms with Crippen LogP contribution in [0.5, 0.6) is 0 Å². The van der Waals surface area contributed by atoms with Gasteiger partial charge in [-0.15, -0.1) is 0 Å². The Hall–Kier alpha value is -0.920. The van der Waals surface area contributed by atoms with E-state index >= 15 is 0 Å². The molecule has 6 nitrogen and oxygen atoms in total. The maximum Gasteiger partial charge on any atom is 0.283 e. The lowest BCUT2D eigenvalue weighted by Gasteiger charge is -2.26. The van der Waals surface area contributed by atoms with Crippen molar-refractivity contribution in [1.29, 1.82) is 0 Å². The molecule has 2 N–H and O–H groups in total. The van der Waals surface area contributed by atoms with E-state index in [1.807, 2.05) is 0 Å². The molecule has 0 aliphatic rings. The summed E-state index contributed by atoms with van der Waals surface area (Å²) in [7, 11) is 1.58. The van der Waals surface area contributed by atoms with Crippen molar-refractivity contribution >= 4 is 21.6 Å². The van der Waals surface area contributed by atoms with Crippen LogP contribution in [0, 0.1) is 5.92 Å². The van der Waals surface area contributed by atoms with E-state index in [0.29, 0.717) is 42.2 Å². The van der Waals surface area contributed by atoms with E-state index in [0.717, 1.165) is 0 Å². The molecule has 1 rings (SSSR count). The van der Waals surface area contributed by atoms with Crippen molar-refractivity contribution in [1.82, 2.24) is 9.78 Å². The van der Waals surface area contributed by atoms with Crippen LogP contribution in [-0.2, 0) is 11.3 Å². The monoisotopic (exact) mass is 361 g/mol. The first-order valence-corrected chi connectivity index (χ1v) is 7.77. The number of hydrogen-bond donors (Lipinski definition) is 2. The first kappa shape index (κ1) is 18.1. The summed E-state index contributed by atoms with van der Waals surface area (Å²) in [5.74, 6) is 0.394. The van der Waals surface area contributed by atoms with Crippen LogP contribution in [0.1, 0.15) is 27.2 Å². The summed E-state index contributed by atoms with van der Waals surface area (Å²) >= 11 is 3.28. The number of rotatable bonds is 8. The van der Waals surface area contributed by atoms with E-state index in [1.165, 1.54) is 4.68 Å². The Morgan fingerprint density at radius 1 is 1.57 bits per heavy atom. The van der Waals surface area contributed by atoms with Gasteiger partial charge in [0.15, 0.2) is 0 Å². The molecule has 1 atom stereocenters. The van der Waals surface area contributed by atoms with Gasteiger partial charge in [-0.25, -0.2) is 4.68 Å². The van der Waals surface area contributed by atoms with E-state index in [4.69, 9.17) is 4.74 Å². The molecule has 0 aromatic carbocycles. The van der Waals surface area contributed by atoms with Gasteiger partial charge in [-0.05, 0) is 35.2 Å². The molecule has 0 aliphatic carbocycles. The average molecular weight is 362 g/mol. The Kier molecular flexibility index (Phi) is 6.83. The summed E-state index contributed by atoms with van der Waals surface area (Å²) in [6, 6.07) is 0. The second-order valence-electron chi connectivity index (χ2n) is 5.84. The highest BCUT2D eigenvalue weighted by atomic mass is 79.9. The van der Waals surface area contributed by atoms with Gasteiger partial charge < -0.3 is 15.2 Å². The van der Waals surface area contributed by atoms with Gasteiger partial charge in [-0.1, -0.05) is 13.8 Å². The fourth-order valence-electron chi connectivity index (χ4n) is 2.16. The SMILES string of the molecule is COCCn1ncc(NCC(C)(O)CC(C)C)c(Br)c1=O. The zero-order valence-electron chi connectivity index (χ0n) is 13.0. The molecule has 1 unspecified atom stereocenters. The van der Waals surface area contributed by atoms with Gasteiger partial charge in [-0.3, -0.25) is 4.79 Å². The third kappa shape index (κ3) is 5.76. The fraction of sp³-hybridized carbons (Fsp3) is 0.714. The van der Waals surface area contributed by atoms with Crippen molar-refractivity contribution in [3.8, 4) is 0 Å². The van der Waals surface area contributed by atoms with E-state index in [-0.39, 0.29) is 5.56 Å². The minimum absolute atomic E-state index is 0.222. The molecule has 1 heterocycles. The van der Waals surface area contributed by atoms with Crippen LogP contribution in [-0.4, -0.2) is 40.7 Å². The largest absolute Gasteiger partial charge is 0.388 e. The minimum Gasteiger partial charge on any atom is -0.388 e. The summed E-state index contributed by atoms with van der Waals surface area (Å²) in [6.45, 7) is 7.08. The lowest BCUT2D eigenvalue weighted by atomic mass is 9.94. The van der Waals surface area contributed by atoms with E-state index < -0.39 is 5.60 Å². The summed E-state index contributed by atoms with van der Waals surface area (Å²) < 4.78 is 6.69. The molecule has 1 aromatic rings. The van der Waals surface area contributed by atoms with Gasteiger partial charge in [0, 0.05) is 13.7 Å². The topological polar surface area (TPSA) is 76.4 Å². The summed E-state index contributed by atoms with van der Waals surface area (Å²) in [6.07, 6.45) is 2.25. The van der Waals surface area contributed by atoms with Gasteiger partial charge in [0.1, 0.15) is 4.47 Å². The first-order valence-electron chi connectivity index (χ1n) is 6.97. The van der Waals surface area contributed by atoms with E-state index in [9.17, 15) is 9.90 Å². The van der Waals surface area contributed by atoms with Crippen molar-refractivity contribution in [2.75, 3.05) is 25.6 Å². The molecular formula is C14H24BrN3O3. The third-order valence-electron chi connectivity index (χ3n) is 3.00. The highest BCUT2D eigenvalue weighted by Gasteiger charge is 2.22. The number of nitrogens with one attached hydrogen (secondary N) is 1. The standard InChI is InChI=1S/C14H24BrN3O3/c1-10(2)7-14(3,20)9-16-11-8-17-18(5-6-21-4)13(19)12(11)15/h8,10,16,20H,5-7,9H2,1-4H3. The highest BCUT2D eigenvalue weighted by molar-refractivity contribution is 9.10. The fourth-order valence-corrected chi connectivity index (χ4v) is 2.61. The van der Waals surface area contributed by atoms with Crippen LogP contribution in [0.15, 0.2) is 15.5 Å². The van der Waals surface area contributed by atoms with Gasteiger partial charge >= 0.3 is 0 Å². The van der Waals surface area contributed by atoms with Gasteiger partial charge in [0.05, 0.1) is 30.6 Å². The predicted molar refractivity (Wildman–Crippen MR) is 86.6 cm³/mol. The Morgan fingerprint density at radius 3 is 2.81 bits per heavy atom. The Morgan fingerprint density at radius 2 is 2.24 bits per heavy atom. The maximum absolute atomic E-state index is 12.1. The number of aromatic nitrogens is 2. The third-order valence-corrected chi connectivity index (χ3v) is 3.77. The van der Waals surface area contributed by atoms with Gasteiger partial charge in [-0.2, -0.15) is 5.10 Å². The number of halogens is 1. The van der Waals surface area contributed by atoms with Gasteiger partial charge in [0.2, 0.25) is 0 Å². The van der Waals surface area contributed by atoms with Crippen molar-refractivity contribution in [3.63, 3.8) is 0 Å². The lowest BCUT2D eigenvalue weighted by molar-refractivity contribution is 0.0515. The Balaban J connectivity index is 2.77. The number of hydrogen-bond acceptors (Lipinski definition) is 5. The van der Waals surface area contributed by atoms with Crippen LogP contribution in [0.3, 0.4) is 0 Å². The molecule has 0 saturated heterocycles. The molecular weight excluding hydrogens is 338 g/mol. The van der Waals surface area contributed by atoms with E-state index in [1.54, 1.807) is 20.2 Å². The van der Waals surface area contributed by atoms with Crippen LogP contribution < -0.4 is 10.9 Å². The molecule has 21 heavy (non-hydrogen) atoms. The first-order chi connectivity index (χ1) is 9.76. The molecule has 0 aliphatic heterocycles. The maximum atomic E-state index is 12.1. The van der Waals surface area contributed by atoms with Gasteiger partial charge in [0.25, 0.3) is 5.56 Å². The Labute approximate surface area is 133 Å². The number of ether oxygens (including phenoxy) is 1. The molecule has 1 aromatic heterocycles. The molecule has 7 heteroatoms. The van der Waals surface area contributed by atoms with Crippen molar-refractivity contribution in [2.24, 2.45) is 5.92 Å². The van der Waals surface area contributed by atoms with Crippen LogP contribution in [0.4, 0.5) is 5.69 Å². The molecule has 0 bridgehead atoms. The quantitative estimate of drug-likeness (QED) is 0.738. The predicted octanol–water partition coefficient (Wildman–Crippen LogP) is 1.86. The molecule has 0 fully saturated rings. The van der Waals surface area contributed by atoms with Crippen LogP contribution in [0.2, 0.25) is 0 Å². The summed E-state index contributed by atoms with van der Waals surface area (Å²) in [4.78, 5) is 12.1. The molecule has 0 saturated carbocycles. The van der Waals surface area contributed by atoms with Crippen molar-refractivity contribution in [2.45, 2.75) is 39.3 Å². The molecule has 0 spiro atoms. The summed E-state index contributed by atoms with van der Waals surface area (Å²) in [5.41, 5.74) is -0.475. The zero-order chi connectivity index (χ0) is 16.0. The Bertz CT molecular complexity index is 515. The van der Waals surface area contributed by atoms with Crippen LogP contribution >= 0.6 is 15.9 Å². The normalized spacial score (nSPS) is 14.2. The second kappa shape index (κ2) is 7.91. The molecule has 0 amide bonds. The zero-order valence-corrected chi connectivity index (χ0v) is 14.6. The number of methoxy groups -OCH3 is 1. The van der Waals surface area contributed by atoms with Crippen molar-refractivity contribution < 1.29 is 9.84 Å². The number of aliphatic hydroxyl groups is 1. The summed E-state index contributed by atoms with van der Waals surface area (Å²) in [5, 5.41) is 17.4. The minimum atomic E-state index is -0.835. The smallest absolute Gasteiger partial charge is 0.283 e. The average Bonchev–Trinajstić information content (AvgIpc) is 2.38. The highest BCUT2D eigenvalue weighted by Crippen LogP contribution is 2.20. The van der Waals surface area contributed by atoms with E-state index in [2.05, 4.69) is 40.2 Å². The molecule has 120 valence electrons. The number of nitrogens with zero attached hydrogens (tertiary/aromatic N) is 2.